The highest BCUT2D eigenvalue weighted by Gasteiger charge is 2.17. The monoisotopic (exact) mass is 252 g/mol. The molecule has 2 rings (SSSR count). The molecule has 0 bridgehead atoms. The molecule has 0 saturated heterocycles. The summed E-state index contributed by atoms with van der Waals surface area (Å²) >= 11 is 3.60. The van der Waals surface area contributed by atoms with E-state index in [0.29, 0.717) is 0 Å². The van der Waals surface area contributed by atoms with Crippen LogP contribution >= 0.6 is 22.7 Å². The van der Waals surface area contributed by atoms with Crippen LogP contribution in [0.1, 0.15) is 34.7 Å². The Hall–Kier alpha value is -0.710. The van der Waals surface area contributed by atoms with Crippen molar-refractivity contribution < 1.29 is 0 Å². The average molecular weight is 252 g/mol. The maximum atomic E-state index is 4.41. The molecule has 1 unspecified atom stereocenters. The minimum atomic E-state index is 0.273. The van der Waals surface area contributed by atoms with Crippen LogP contribution in [0, 0.1) is 0 Å². The van der Waals surface area contributed by atoms with Gasteiger partial charge in [-0.2, -0.15) is 0 Å². The molecule has 86 valence electrons. The van der Waals surface area contributed by atoms with Crippen LogP contribution in [0.25, 0.3) is 0 Å². The Balaban J connectivity index is 2.25. The molecule has 0 amide bonds. The van der Waals surface area contributed by atoms with E-state index in [-0.39, 0.29) is 6.04 Å². The summed E-state index contributed by atoms with van der Waals surface area (Å²) in [5.41, 5.74) is 0. The number of hydrogen-bond donors (Lipinski definition) is 1. The fraction of sp³-hybridized carbons (Fsp3) is 0.417. The van der Waals surface area contributed by atoms with Crippen LogP contribution in [-0.4, -0.2) is 11.5 Å². The second-order valence-electron chi connectivity index (χ2n) is 3.52. The van der Waals surface area contributed by atoms with E-state index in [1.807, 2.05) is 22.9 Å². The maximum absolute atomic E-state index is 4.41. The van der Waals surface area contributed by atoms with Gasteiger partial charge < -0.3 is 5.32 Å². The number of nitrogens with one attached hydrogen (secondary N) is 1. The van der Waals surface area contributed by atoms with Gasteiger partial charge in [0.15, 0.2) is 0 Å². The van der Waals surface area contributed by atoms with Gasteiger partial charge in [-0.05, 0) is 25.1 Å². The number of aromatic nitrogens is 1. The molecule has 2 nitrogen and oxygen atoms in total. The summed E-state index contributed by atoms with van der Waals surface area (Å²) in [6.07, 6.45) is 2.99. The van der Waals surface area contributed by atoms with Crippen molar-refractivity contribution in [3.05, 3.63) is 38.5 Å². The van der Waals surface area contributed by atoms with E-state index < -0.39 is 0 Å². The third-order valence-corrected chi connectivity index (χ3v) is 4.56. The van der Waals surface area contributed by atoms with Gasteiger partial charge in [-0.3, -0.25) is 0 Å². The number of rotatable bonds is 5. The van der Waals surface area contributed by atoms with Crippen molar-refractivity contribution in [2.24, 2.45) is 0 Å². The molecular formula is C12H16N2S2. The Morgan fingerprint density at radius 1 is 1.38 bits per heavy atom. The first-order valence-corrected chi connectivity index (χ1v) is 7.26. The van der Waals surface area contributed by atoms with E-state index in [0.717, 1.165) is 18.0 Å². The lowest BCUT2D eigenvalue weighted by atomic mass is 10.2. The standard InChI is InChI=1S/C12H16N2S2/c1-3-9-5-6-10(16-9)11(13-4-2)12-14-7-8-15-12/h5-8,11,13H,3-4H2,1-2H3. The molecule has 4 heteroatoms. The van der Waals surface area contributed by atoms with Crippen LogP contribution in [0.3, 0.4) is 0 Å². The van der Waals surface area contributed by atoms with Crippen molar-refractivity contribution in [3.8, 4) is 0 Å². The van der Waals surface area contributed by atoms with Gasteiger partial charge in [0.1, 0.15) is 5.01 Å². The van der Waals surface area contributed by atoms with E-state index in [1.165, 1.54) is 9.75 Å². The van der Waals surface area contributed by atoms with E-state index in [1.54, 1.807) is 11.3 Å². The Bertz CT molecular complexity index is 420. The lowest BCUT2D eigenvalue weighted by Gasteiger charge is -2.13. The molecule has 0 radical (unpaired) electrons. The lowest BCUT2D eigenvalue weighted by Crippen LogP contribution is -2.20. The van der Waals surface area contributed by atoms with Gasteiger partial charge in [-0.1, -0.05) is 13.8 Å². The Kier molecular flexibility index (Phi) is 4.09. The van der Waals surface area contributed by atoms with Crippen molar-refractivity contribution in [1.82, 2.24) is 10.3 Å². The summed E-state index contributed by atoms with van der Waals surface area (Å²) < 4.78 is 0. The molecule has 1 N–H and O–H groups in total. The van der Waals surface area contributed by atoms with Crippen LogP contribution in [0.4, 0.5) is 0 Å². The van der Waals surface area contributed by atoms with E-state index in [2.05, 4.69) is 36.3 Å². The third-order valence-electron chi connectivity index (χ3n) is 2.42. The van der Waals surface area contributed by atoms with Gasteiger partial charge in [0.25, 0.3) is 0 Å². The molecule has 2 aromatic heterocycles. The predicted molar refractivity (Wildman–Crippen MR) is 71.3 cm³/mol. The molecule has 16 heavy (non-hydrogen) atoms. The second-order valence-corrected chi connectivity index (χ2v) is 5.64. The average Bonchev–Trinajstić information content (AvgIpc) is 2.97. The number of hydrogen-bond acceptors (Lipinski definition) is 4. The lowest BCUT2D eigenvalue weighted by molar-refractivity contribution is 0.636. The third kappa shape index (κ3) is 2.51. The molecule has 2 heterocycles. The van der Waals surface area contributed by atoms with Gasteiger partial charge in [0.2, 0.25) is 0 Å². The molecule has 0 aromatic carbocycles. The van der Waals surface area contributed by atoms with Crippen LogP contribution < -0.4 is 5.32 Å². The quantitative estimate of drug-likeness (QED) is 0.881. The van der Waals surface area contributed by atoms with Crippen molar-refractivity contribution in [2.75, 3.05) is 6.54 Å². The molecule has 0 saturated carbocycles. The van der Waals surface area contributed by atoms with Gasteiger partial charge in [-0.25, -0.2) is 4.98 Å². The largest absolute Gasteiger partial charge is 0.304 e. The van der Waals surface area contributed by atoms with Gasteiger partial charge >= 0.3 is 0 Å². The van der Waals surface area contributed by atoms with E-state index >= 15 is 0 Å². The number of nitrogens with zero attached hydrogens (tertiary/aromatic N) is 1. The smallest absolute Gasteiger partial charge is 0.115 e. The van der Waals surface area contributed by atoms with Crippen molar-refractivity contribution in [1.29, 1.82) is 0 Å². The van der Waals surface area contributed by atoms with Gasteiger partial charge in [0, 0.05) is 21.3 Å². The minimum Gasteiger partial charge on any atom is -0.304 e. The zero-order valence-electron chi connectivity index (χ0n) is 9.56. The molecule has 0 spiro atoms. The molecule has 0 aliphatic heterocycles. The summed E-state index contributed by atoms with van der Waals surface area (Å²) in [5, 5.41) is 6.69. The summed E-state index contributed by atoms with van der Waals surface area (Å²) in [6.45, 7) is 5.29. The van der Waals surface area contributed by atoms with Crippen LogP contribution in [-0.2, 0) is 6.42 Å². The number of thiophene rings is 1. The molecular weight excluding hydrogens is 236 g/mol. The number of aryl methyl sites for hydroxylation is 1. The second kappa shape index (κ2) is 5.57. The molecule has 0 fully saturated rings. The van der Waals surface area contributed by atoms with Crippen molar-refractivity contribution >= 4 is 22.7 Å². The first kappa shape index (κ1) is 11.8. The zero-order valence-corrected chi connectivity index (χ0v) is 11.2. The van der Waals surface area contributed by atoms with Gasteiger partial charge in [-0.15, -0.1) is 22.7 Å². The minimum absolute atomic E-state index is 0.273. The first-order valence-electron chi connectivity index (χ1n) is 5.56. The van der Waals surface area contributed by atoms with Crippen LogP contribution in [0.15, 0.2) is 23.7 Å². The van der Waals surface area contributed by atoms with Crippen LogP contribution in [0.5, 0.6) is 0 Å². The first-order chi connectivity index (χ1) is 7.85. The summed E-state index contributed by atoms with van der Waals surface area (Å²) in [4.78, 5) is 7.22. The summed E-state index contributed by atoms with van der Waals surface area (Å²) in [5.74, 6) is 0. The van der Waals surface area contributed by atoms with Gasteiger partial charge in [0.05, 0.1) is 6.04 Å². The Morgan fingerprint density at radius 2 is 2.25 bits per heavy atom. The zero-order chi connectivity index (χ0) is 11.4. The number of thiazole rings is 1. The van der Waals surface area contributed by atoms with Crippen molar-refractivity contribution in [2.45, 2.75) is 26.3 Å². The Morgan fingerprint density at radius 3 is 2.81 bits per heavy atom. The highest BCUT2D eigenvalue weighted by molar-refractivity contribution is 7.12. The highest BCUT2D eigenvalue weighted by Crippen LogP contribution is 2.29. The summed E-state index contributed by atoms with van der Waals surface area (Å²) in [6, 6.07) is 4.71. The molecule has 0 aliphatic rings. The fourth-order valence-corrected chi connectivity index (χ4v) is 3.47. The molecule has 2 aromatic rings. The SMILES string of the molecule is CCNC(c1ccc(CC)s1)c1nccs1. The van der Waals surface area contributed by atoms with E-state index in [9.17, 15) is 0 Å². The molecule has 0 aliphatic carbocycles. The normalized spacial score (nSPS) is 12.9. The predicted octanol–water partition coefficient (Wildman–Crippen LogP) is 3.47. The van der Waals surface area contributed by atoms with Crippen LogP contribution in [0.2, 0.25) is 0 Å². The van der Waals surface area contributed by atoms with Crippen molar-refractivity contribution in [3.63, 3.8) is 0 Å². The summed E-state index contributed by atoms with van der Waals surface area (Å²) in [7, 11) is 0. The molecule has 1 atom stereocenters. The fourth-order valence-electron chi connectivity index (χ4n) is 1.63. The maximum Gasteiger partial charge on any atom is 0.115 e. The topological polar surface area (TPSA) is 24.9 Å². The van der Waals surface area contributed by atoms with E-state index in [4.69, 9.17) is 0 Å². The Labute approximate surface area is 104 Å². The highest BCUT2D eigenvalue weighted by atomic mass is 32.1.